The summed E-state index contributed by atoms with van der Waals surface area (Å²) in [4.78, 5) is 24.9. The van der Waals surface area contributed by atoms with Crippen LogP contribution in [-0.4, -0.2) is 33.1 Å². The molecule has 2 amide bonds. The zero-order valence-electron chi connectivity index (χ0n) is 14.4. The molecule has 1 N–H and O–H groups in total. The van der Waals surface area contributed by atoms with Gasteiger partial charge in [-0.2, -0.15) is 4.98 Å². The van der Waals surface area contributed by atoms with Crippen LogP contribution in [0.5, 0.6) is 0 Å². The van der Waals surface area contributed by atoms with Gasteiger partial charge in [-0.1, -0.05) is 11.2 Å². The molecule has 0 aromatic carbocycles. The van der Waals surface area contributed by atoms with Crippen LogP contribution in [0.2, 0.25) is 0 Å². The standard InChI is InChI=1S/C16H19N5O2S2/c1-9(14-10(2)25-11(3)18-14)21(4)16(22)17-8-13-19-15(23-20-13)12-6-5-7-24-12/h5-7,9H,8H2,1-4H3,(H,17,22)/t9-/m1/s1. The monoisotopic (exact) mass is 377 g/mol. The summed E-state index contributed by atoms with van der Waals surface area (Å²) in [6.07, 6.45) is 0. The van der Waals surface area contributed by atoms with Crippen molar-refractivity contribution < 1.29 is 9.32 Å². The molecule has 0 saturated carbocycles. The van der Waals surface area contributed by atoms with Crippen LogP contribution in [0.15, 0.2) is 22.0 Å². The van der Waals surface area contributed by atoms with E-state index in [9.17, 15) is 4.79 Å². The molecular formula is C16H19N5O2S2. The average molecular weight is 377 g/mol. The molecule has 3 aromatic heterocycles. The number of thiophene rings is 1. The maximum atomic E-state index is 12.4. The van der Waals surface area contributed by atoms with E-state index in [1.54, 1.807) is 23.3 Å². The van der Waals surface area contributed by atoms with Crippen molar-refractivity contribution in [3.05, 3.63) is 38.9 Å². The summed E-state index contributed by atoms with van der Waals surface area (Å²) >= 11 is 3.16. The van der Waals surface area contributed by atoms with Crippen LogP contribution >= 0.6 is 22.7 Å². The van der Waals surface area contributed by atoms with Crippen molar-refractivity contribution in [1.29, 1.82) is 0 Å². The number of rotatable bonds is 5. The number of thiazole rings is 1. The van der Waals surface area contributed by atoms with Gasteiger partial charge in [0.05, 0.1) is 28.2 Å². The average Bonchev–Trinajstić information content (AvgIpc) is 3.31. The van der Waals surface area contributed by atoms with E-state index in [0.29, 0.717) is 11.7 Å². The number of hydrogen-bond donors (Lipinski definition) is 1. The van der Waals surface area contributed by atoms with Crippen molar-refractivity contribution in [2.24, 2.45) is 0 Å². The molecule has 7 nitrogen and oxygen atoms in total. The van der Waals surface area contributed by atoms with Gasteiger partial charge in [-0.05, 0) is 32.2 Å². The SMILES string of the molecule is Cc1nc([C@@H](C)N(C)C(=O)NCc2noc(-c3cccs3)n2)c(C)s1. The number of aromatic nitrogens is 3. The third-order valence-corrected chi connectivity index (χ3v) is 5.59. The van der Waals surface area contributed by atoms with Crippen LogP contribution in [0.4, 0.5) is 4.79 Å². The number of carbonyl (C=O) groups excluding carboxylic acids is 1. The number of nitrogens with zero attached hydrogens (tertiary/aromatic N) is 4. The van der Waals surface area contributed by atoms with Crippen molar-refractivity contribution in [3.63, 3.8) is 0 Å². The largest absolute Gasteiger partial charge is 0.333 e. The van der Waals surface area contributed by atoms with Gasteiger partial charge in [-0.25, -0.2) is 9.78 Å². The Hall–Kier alpha value is -2.26. The van der Waals surface area contributed by atoms with Crippen LogP contribution in [0, 0.1) is 13.8 Å². The van der Waals surface area contributed by atoms with Gasteiger partial charge in [0, 0.05) is 11.9 Å². The van der Waals surface area contributed by atoms with E-state index in [1.807, 2.05) is 38.3 Å². The zero-order valence-corrected chi connectivity index (χ0v) is 16.1. The fraction of sp³-hybridized carbons (Fsp3) is 0.375. The normalized spacial score (nSPS) is 12.2. The Morgan fingerprint density at radius 2 is 2.20 bits per heavy atom. The quantitative estimate of drug-likeness (QED) is 0.731. The summed E-state index contributed by atoms with van der Waals surface area (Å²) in [5.41, 5.74) is 0.930. The minimum Gasteiger partial charge on any atom is -0.333 e. The Bertz CT molecular complexity index is 856. The molecule has 0 aliphatic heterocycles. The first-order valence-electron chi connectivity index (χ1n) is 7.76. The minimum atomic E-state index is -0.208. The fourth-order valence-electron chi connectivity index (χ4n) is 2.40. The number of carbonyl (C=O) groups is 1. The lowest BCUT2D eigenvalue weighted by Gasteiger charge is -2.24. The highest BCUT2D eigenvalue weighted by molar-refractivity contribution is 7.13. The molecule has 1 atom stereocenters. The maximum Gasteiger partial charge on any atom is 0.318 e. The topological polar surface area (TPSA) is 84.2 Å². The molecule has 0 aliphatic carbocycles. The van der Waals surface area contributed by atoms with E-state index >= 15 is 0 Å². The molecule has 132 valence electrons. The molecule has 0 spiro atoms. The molecule has 0 radical (unpaired) electrons. The predicted molar refractivity (Wildman–Crippen MR) is 97.6 cm³/mol. The van der Waals surface area contributed by atoms with Crippen molar-refractivity contribution in [2.45, 2.75) is 33.4 Å². The number of hydrogen-bond acceptors (Lipinski definition) is 7. The van der Waals surface area contributed by atoms with E-state index in [2.05, 4.69) is 20.4 Å². The van der Waals surface area contributed by atoms with Crippen molar-refractivity contribution in [1.82, 2.24) is 25.3 Å². The van der Waals surface area contributed by atoms with Gasteiger partial charge in [-0.15, -0.1) is 22.7 Å². The Morgan fingerprint density at radius 1 is 1.40 bits per heavy atom. The second kappa shape index (κ2) is 7.32. The first kappa shape index (κ1) is 17.6. The first-order chi connectivity index (χ1) is 12.0. The summed E-state index contributed by atoms with van der Waals surface area (Å²) in [5.74, 6) is 0.910. The molecule has 0 fully saturated rings. The lowest BCUT2D eigenvalue weighted by molar-refractivity contribution is 0.192. The van der Waals surface area contributed by atoms with Crippen LogP contribution in [0.25, 0.3) is 10.8 Å². The summed E-state index contributed by atoms with van der Waals surface area (Å²) in [7, 11) is 1.75. The molecule has 0 aliphatic rings. The molecule has 0 unspecified atom stereocenters. The van der Waals surface area contributed by atoms with Gasteiger partial charge < -0.3 is 14.7 Å². The lowest BCUT2D eigenvalue weighted by atomic mass is 10.2. The molecule has 3 heterocycles. The minimum absolute atomic E-state index is 0.114. The smallest absolute Gasteiger partial charge is 0.318 e. The summed E-state index contributed by atoms with van der Waals surface area (Å²) in [6.45, 7) is 6.16. The molecule has 0 saturated heterocycles. The second-order valence-electron chi connectivity index (χ2n) is 5.61. The van der Waals surface area contributed by atoms with E-state index < -0.39 is 0 Å². The second-order valence-corrected chi connectivity index (χ2v) is 7.97. The van der Waals surface area contributed by atoms with E-state index in [-0.39, 0.29) is 18.6 Å². The summed E-state index contributed by atoms with van der Waals surface area (Å²) < 4.78 is 5.21. The summed E-state index contributed by atoms with van der Waals surface area (Å²) in [6, 6.07) is 3.51. The molecule has 25 heavy (non-hydrogen) atoms. The van der Waals surface area contributed by atoms with Crippen molar-refractivity contribution in [3.8, 4) is 10.8 Å². The van der Waals surface area contributed by atoms with Crippen LogP contribution in [-0.2, 0) is 6.54 Å². The molecule has 3 aromatic rings. The molecule has 9 heteroatoms. The number of amides is 2. The highest BCUT2D eigenvalue weighted by Crippen LogP contribution is 2.26. The van der Waals surface area contributed by atoms with Gasteiger partial charge in [0.25, 0.3) is 5.89 Å². The highest BCUT2D eigenvalue weighted by Gasteiger charge is 2.22. The zero-order chi connectivity index (χ0) is 18.0. The maximum absolute atomic E-state index is 12.4. The summed E-state index contributed by atoms with van der Waals surface area (Å²) in [5, 5.41) is 9.66. The first-order valence-corrected chi connectivity index (χ1v) is 9.46. The van der Waals surface area contributed by atoms with Gasteiger partial charge in [0.2, 0.25) is 0 Å². The Labute approximate surface area is 153 Å². The van der Waals surface area contributed by atoms with Crippen LogP contribution in [0.3, 0.4) is 0 Å². The van der Waals surface area contributed by atoms with E-state index in [1.165, 1.54) is 11.3 Å². The molecule has 0 bridgehead atoms. The number of nitrogens with one attached hydrogen (secondary N) is 1. The lowest BCUT2D eigenvalue weighted by Crippen LogP contribution is -2.38. The van der Waals surface area contributed by atoms with Gasteiger partial charge >= 0.3 is 6.03 Å². The van der Waals surface area contributed by atoms with E-state index in [0.717, 1.165) is 20.5 Å². The van der Waals surface area contributed by atoms with Crippen LogP contribution < -0.4 is 5.32 Å². The molecular weight excluding hydrogens is 358 g/mol. The third kappa shape index (κ3) is 3.88. The Balaban J connectivity index is 1.59. The van der Waals surface area contributed by atoms with Gasteiger partial charge in [-0.3, -0.25) is 0 Å². The third-order valence-electron chi connectivity index (χ3n) is 3.83. The predicted octanol–water partition coefficient (Wildman–Crippen LogP) is 3.77. The fourth-order valence-corrected chi connectivity index (χ4v) is 3.95. The van der Waals surface area contributed by atoms with Crippen LogP contribution in [0.1, 0.15) is 34.4 Å². The van der Waals surface area contributed by atoms with Crippen molar-refractivity contribution in [2.75, 3.05) is 7.05 Å². The highest BCUT2D eigenvalue weighted by atomic mass is 32.1. The number of urea groups is 1. The Morgan fingerprint density at radius 3 is 2.84 bits per heavy atom. The van der Waals surface area contributed by atoms with Gasteiger partial charge in [0.15, 0.2) is 5.82 Å². The molecule has 3 rings (SSSR count). The van der Waals surface area contributed by atoms with Gasteiger partial charge in [0.1, 0.15) is 0 Å². The van der Waals surface area contributed by atoms with E-state index in [4.69, 9.17) is 4.52 Å². The number of aryl methyl sites for hydroxylation is 2. The Kier molecular flexibility index (Phi) is 5.14. The van der Waals surface area contributed by atoms with Crippen molar-refractivity contribution >= 4 is 28.7 Å².